The highest BCUT2D eigenvalue weighted by Gasteiger charge is 2.11. The van der Waals surface area contributed by atoms with E-state index in [4.69, 9.17) is 14.2 Å². The summed E-state index contributed by atoms with van der Waals surface area (Å²) in [4.78, 5) is 12.3. The van der Waals surface area contributed by atoms with Crippen molar-refractivity contribution >= 4 is 11.6 Å². The molecule has 0 unspecified atom stereocenters. The number of carbonyl (C=O) groups excluding carboxylic acids is 1. The van der Waals surface area contributed by atoms with Gasteiger partial charge in [0.2, 0.25) is 0 Å². The Morgan fingerprint density at radius 1 is 0.864 bits per heavy atom. The minimum absolute atomic E-state index is 0.230. The molecule has 1 amide bonds. The molecular formula is C17H19NO4. The monoisotopic (exact) mass is 301 g/mol. The minimum Gasteiger partial charge on any atom is -0.496 e. The molecule has 0 bridgehead atoms. The highest BCUT2D eigenvalue weighted by molar-refractivity contribution is 6.04. The minimum atomic E-state index is -0.230. The summed E-state index contributed by atoms with van der Waals surface area (Å²) in [5.41, 5.74) is 2.16. The van der Waals surface area contributed by atoms with Gasteiger partial charge in [0.05, 0.1) is 21.3 Å². The van der Waals surface area contributed by atoms with E-state index >= 15 is 0 Å². The zero-order chi connectivity index (χ0) is 16.1. The van der Waals surface area contributed by atoms with Crippen LogP contribution in [0.1, 0.15) is 15.9 Å². The highest BCUT2D eigenvalue weighted by atomic mass is 16.5. The van der Waals surface area contributed by atoms with E-state index in [-0.39, 0.29) is 5.91 Å². The first-order chi connectivity index (χ1) is 10.6. The van der Waals surface area contributed by atoms with Crippen molar-refractivity contribution in [2.75, 3.05) is 26.6 Å². The first-order valence-corrected chi connectivity index (χ1v) is 6.77. The van der Waals surface area contributed by atoms with Crippen LogP contribution in [0.3, 0.4) is 0 Å². The lowest BCUT2D eigenvalue weighted by Crippen LogP contribution is -2.12. The fourth-order valence-electron chi connectivity index (χ4n) is 2.08. The van der Waals surface area contributed by atoms with Gasteiger partial charge < -0.3 is 19.5 Å². The number of benzene rings is 2. The fraction of sp³-hybridized carbons (Fsp3) is 0.235. The molecular weight excluding hydrogens is 282 g/mol. The van der Waals surface area contributed by atoms with Crippen LogP contribution < -0.4 is 19.5 Å². The fourth-order valence-corrected chi connectivity index (χ4v) is 2.08. The zero-order valence-electron chi connectivity index (χ0n) is 13.1. The van der Waals surface area contributed by atoms with E-state index in [9.17, 15) is 4.79 Å². The first-order valence-electron chi connectivity index (χ1n) is 6.77. The van der Waals surface area contributed by atoms with E-state index in [0.717, 1.165) is 11.3 Å². The van der Waals surface area contributed by atoms with Crippen LogP contribution in [0.2, 0.25) is 0 Å². The van der Waals surface area contributed by atoms with Crippen LogP contribution in [0.15, 0.2) is 36.4 Å². The Balaban J connectivity index is 2.22. The normalized spacial score (nSPS) is 10.0. The van der Waals surface area contributed by atoms with Crippen molar-refractivity contribution in [2.24, 2.45) is 0 Å². The molecule has 0 aliphatic heterocycles. The molecule has 0 aromatic heterocycles. The van der Waals surface area contributed by atoms with E-state index < -0.39 is 0 Å². The second-order valence-electron chi connectivity index (χ2n) is 4.71. The summed E-state index contributed by atoms with van der Waals surface area (Å²) in [6, 6.07) is 10.5. The average Bonchev–Trinajstić information content (AvgIpc) is 2.55. The molecule has 2 rings (SSSR count). The van der Waals surface area contributed by atoms with Crippen molar-refractivity contribution in [1.82, 2.24) is 0 Å². The van der Waals surface area contributed by atoms with Crippen LogP contribution in [0.4, 0.5) is 5.69 Å². The standard InChI is InChI=1S/C17H19NO4/c1-11-5-7-13(10-15(11)21-3)18-17(19)12-6-8-14(20-2)16(9-12)22-4/h5-10H,1-4H3,(H,18,19). The number of rotatable bonds is 5. The second-order valence-corrected chi connectivity index (χ2v) is 4.71. The maximum Gasteiger partial charge on any atom is 0.255 e. The second kappa shape index (κ2) is 6.85. The third-order valence-electron chi connectivity index (χ3n) is 3.31. The molecule has 2 aromatic rings. The largest absolute Gasteiger partial charge is 0.496 e. The van der Waals surface area contributed by atoms with Crippen LogP contribution >= 0.6 is 0 Å². The topological polar surface area (TPSA) is 56.8 Å². The van der Waals surface area contributed by atoms with Gasteiger partial charge in [0.1, 0.15) is 5.75 Å². The maximum absolute atomic E-state index is 12.3. The molecule has 22 heavy (non-hydrogen) atoms. The molecule has 0 saturated heterocycles. The molecule has 0 radical (unpaired) electrons. The predicted octanol–water partition coefficient (Wildman–Crippen LogP) is 3.27. The van der Waals surface area contributed by atoms with Crippen molar-refractivity contribution < 1.29 is 19.0 Å². The number of hydrogen-bond donors (Lipinski definition) is 1. The number of ether oxygens (including phenoxy) is 3. The van der Waals surface area contributed by atoms with Gasteiger partial charge in [0.25, 0.3) is 5.91 Å². The van der Waals surface area contributed by atoms with Crippen molar-refractivity contribution in [3.05, 3.63) is 47.5 Å². The molecule has 0 saturated carbocycles. The lowest BCUT2D eigenvalue weighted by atomic mass is 10.1. The van der Waals surface area contributed by atoms with Gasteiger partial charge in [0, 0.05) is 17.3 Å². The molecule has 0 heterocycles. The Bertz CT molecular complexity index is 682. The van der Waals surface area contributed by atoms with E-state index in [1.165, 1.54) is 7.11 Å². The number of carbonyl (C=O) groups is 1. The SMILES string of the molecule is COc1cc(NC(=O)c2ccc(OC)c(OC)c2)ccc1C. The van der Waals surface area contributed by atoms with Gasteiger partial charge in [0.15, 0.2) is 11.5 Å². The van der Waals surface area contributed by atoms with Crippen LogP contribution in [0.25, 0.3) is 0 Å². The highest BCUT2D eigenvalue weighted by Crippen LogP contribution is 2.28. The number of methoxy groups -OCH3 is 3. The number of nitrogens with one attached hydrogen (secondary N) is 1. The Labute approximate surface area is 129 Å². The van der Waals surface area contributed by atoms with Gasteiger partial charge in [-0.3, -0.25) is 4.79 Å². The van der Waals surface area contributed by atoms with Crippen LogP contribution in [0.5, 0.6) is 17.2 Å². The molecule has 0 aliphatic carbocycles. The Hall–Kier alpha value is -2.69. The predicted molar refractivity (Wildman–Crippen MR) is 85.2 cm³/mol. The molecule has 5 heteroatoms. The third kappa shape index (κ3) is 3.31. The third-order valence-corrected chi connectivity index (χ3v) is 3.31. The number of hydrogen-bond acceptors (Lipinski definition) is 4. The molecule has 0 spiro atoms. The van der Waals surface area contributed by atoms with Crippen LogP contribution in [-0.4, -0.2) is 27.2 Å². The summed E-state index contributed by atoms with van der Waals surface area (Å²) in [5.74, 6) is 1.59. The molecule has 0 aliphatic rings. The van der Waals surface area contributed by atoms with Gasteiger partial charge in [-0.25, -0.2) is 0 Å². The molecule has 5 nitrogen and oxygen atoms in total. The van der Waals surface area contributed by atoms with E-state index in [0.29, 0.717) is 22.7 Å². The Morgan fingerprint density at radius 2 is 1.55 bits per heavy atom. The van der Waals surface area contributed by atoms with Crippen molar-refractivity contribution in [2.45, 2.75) is 6.92 Å². The molecule has 2 aromatic carbocycles. The lowest BCUT2D eigenvalue weighted by molar-refractivity contribution is 0.102. The summed E-state index contributed by atoms with van der Waals surface area (Å²) in [5, 5.41) is 2.83. The number of anilines is 1. The maximum atomic E-state index is 12.3. The van der Waals surface area contributed by atoms with Crippen LogP contribution in [0, 0.1) is 6.92 Å². The summed E-state index contributed by atoms with van der Waals surface area (Å²) in [7, 11) is 4.68. The summed E-state index contributed by atoms with van der Waals surface area (Å²) in [6.45, 7) is 1.94. The Kier molecular flexibility index (Phi) is 4.88. The van der Waals surface area contributed by atoms with Gasteiger partial charge >= 0.3 is 0 Å². The van der Waals surface area contributed by atoms with Gasteiger partial charge in [-0.05, 0) is 36.8 Å². The van der Waals surface area contributed by atoms with E-state index in [1.807, 2.05) is 19.1 Å². The molecule has 1 N–H and O–H groups in total. The smallest absolute Gasteiger partial charge is 0.255 e. The molecule has 116 valence electrons. The van der Waals surface area contributed by atoms with Crippen molar-refractivity contribution in [1.29, 1.82) is 0 Å². The first kappa shape index (κ1) is 15.7. The lowest BCUT2D eigenvalue weighted by Gasteiger charge is -2.11. The zero-order valence-corrected chi connectivity index (χ0v) is 13.1. The van der Waals surface area contributed by atoms with Gasteiger partial charge in [-0.15, -0.1) is 0 Å². The van der Waals surface area contributed by atoms with E-state index in [1.54, 1.807) is 38.5 Å². The molecule has 0 fully saturated rings. The quantitative estimate of drug-likeness (QED) is 0.921. The molecule has 0 atom stereocenters. The summed E-state index contributed by atoms with van der Waals surface area (Å²) >= 11 is 0. The van der Waals surface area contributed by atoms with Crippen molar-refractivity contribution in [3.8, 4) is 17.2 Å². The Morgan fingerprint density at radius 3 is 2.18 bits per heavy atom. The summed E-state index contributed by atoms with van der Waals surface area (Å²) < 4.78 is 15.6. The van der Waals surface area contributed by atoms with Crippen molar-refractivity contribution in [3.63, 3.8) is 0 Å². The van der Waals surface area contributed by atoms with Gasteiger partial charge in [-0.2, -0.15) is 0 Å². The summed E-state index contributed by atoms with van der Waals surface area (Å²) in [6.07, 6.45) is 0. The van der Waals surface area contributed by atoms with Gasteiger partial charge in [-0.1, -0.05) is 6.07 Å². The van der Waals surface area contributed by atoms with Crippen LogP contribution in [-0.2, 0) is 0 Å². The van der Waals surface area contributed by atoms with E-state index in [2.05, 4.69) is 5.32 Å². The number of amides is 1. The average molecular weight is 301 g/mol. The number of aryl methyl sites for hydroxylation is 1.